The second-order valence-electron chi connectivity index (χ2n) is 28.0. The summed E-state index contributed by atoms with van der Waals surface area (Å²) in [7, 11) is 1.21. The van der Waals surface area contributed by atoms with Gasteiger partial charge in [0.1, 0.15) is 115 Å². The van der Waals surface area contributed by atoms with Crippen molar-refractivity contribution in [1.82, 2.24) is 0 Å². The molecule has 0 radical (unpaired) electrons. The maximum absolute atomic E-state index is 14.7. The van der Waals surface area contributed by atoms with Crippen LogP contribution in [0, 0.1) is 45.3 Å². The Hall–Kier alpha value is -2.53. The number of rotatable bonds is 17. The van der Waals surface area contributed by atoms with E-state index in [-0.39, 0.29) is 47.9 Å². The van der Waals surface area contributed by atoms with Crippen molar-refractivity contribution >= 4 is 17.7 Å². The van der Waals surface area contributed by atoms with Gasteiger partial charge in [-0.15, -0.1) is 0 Å². The molecule has 1 spiro atoms. The Kier molecular flexibility index (Phi) is 19.7. The zero-order chi connectivity index (χ0) is 63.4. The molecule has 27 nitrogen and oxygen atoms in total. The third-order valence-electron chi connectivity index (χ3n) is 21.6. The van der Waals surface area contributed by atoms with E-state index in [0.29, 0.717) is 44.9 Å². The molecule has 87 heavy (non-hydrogen) atoms. The zero-order valence-electron chi connectivity index (χ0n) is 51.2. The first-order chi connectivity index (χ1) is 40.9. The van der Waals surface area contributed by atoms with E-state index in [1.54, 1.807) is 0 Å². The SMILES string of the molecule is CO[C@@H]1[C@@H](O)[C@H](O[C@@H]2[C@@H](O)[C@H](O[C@H]3[C@H](O)[C@@H](O[C@@H]4OC[C@@H](O)[C@H](O)[C@H]4O)[C@H](O[C@H]4[C@H](O[C@H]5CC[C@]6(C)[C@H]7CC[C@]89C(=O)O[C@@](C)(CC(=O)CC(C)C)[C@H]8[C@@H](OC(C)=O)C[C@@]9(C)C7=CC[C@H]6C5(C)C)OC[C@@H](O)[C@@H]4O)O[C@@H]3C)OC[C@H]2O)O[C@H](CO)[C@H]1O. The van der Waals surface area contributed by atoms with Crippen LogP contribution in [0.25, 0.3) is 0 Å². The highest BCUT2D eigenvalue weighted by molar-refractivity contribution is 5.87. The van der Waals surface area contributed by atoms with Crippen LogP contribution >= 0.6 is 0 Å². The van der Waals surface area contributed by atoms with Crippen LogP contribution in [0.5, 0.6) is 0 Å². The summed E-state index contributed by atoms with van der Waals surface area (Å²) in [5, 5.41) is 121. The van der Waals surface area contributed by atoms with Crippen LogP contribution in [-0.2, 0) is 76.0 Å². The monoisotopic (exact) mass is 1250 g/mol. The quantitative estimate of drug-likeness (QED) is 0.0584. The van der Waals surface area contributed by atoms with Gasteiger partial charge in [-0.3, -0.25) is 14.4 Å². The number of ether oxygens (including phenoxy) is 13. The van der Waals surface area contributed by atoms with Gasteiger partial charge in [-0.05, 0) is 81.0 Å². The van der Waals surface area contributed by atoms with Crippen molar-refractivity contribution < 1.29 is 132 Å². The van der Waals surface area contributed by atoms with E-state index in [9.17, 15) is 70.6 Å². The fourth-order valence-electron chi connectivity index (χ4n) is 17.4. The number of fused-ring (bicyclic) bond motifs is 4. The number of hydrogen-bond donors (Lipinski definition) is 11. The number of ketones is 1. The Morgan fingerprint density at radius 3 is 1.92 bits per heavy atom. The molecule has 6 aliphatic heterocycles. The first-order valence-electron chi connectivity index (χ1n) is 30.9. The van der Waals surface area contributed by atoms with Gasteiger partial charge in [0.05, 0.1) is 50.0 Å². The molecule has 496 valence electrons. The number of esters is 2. The third kappa shape index (κ3) is 11.7. The summed E-state index contributed by atoms with van der Waals surface area (Å²) in [5.74, 6) is -1.30. The van der Waals surface area contributed by atoms with E-state index in [1.165, 1.54) is 21.0 Å². The standard InChI is InChI=1S/C60H94O27/c1-24(2)17-27(63)18-59(9)49-33(80-26(4)62)19-58(8)29-11-12-35-56(5,6)36(14-15-57(35,7)28(29)13-16-60(49,58)55(74)87-59)82-53-47(38(68)31(65)22-78-53)86-54-48(85-50-40(70)37(67)30(64)21-76-50)41(71)44(25(3)79-54)83-51-42(72)45(32(66)23-77-51)84-52-43(73)46(75-10)39(69)34(20-61)81-52/h11,24-25,28,30-54,61,64-73H,12-23H2,1-10H3/t25-,28+,30-,31-,32-,33+,34-,35+,36+,37+,38+,39-,40-,41+,42-,43-,44-,45+,46+,47-,48-,49-,50+,51+,52+,53+,54+,57-,58+,59+,60-/m1/s1. The van der Waals surface area contributed by atoms with Crippen molar-refractivity contribution in [2.45, 2.75) is 267 Å². The van der Waals surface area contributed by atoms with Crippen LogP contribution < -0.4 is 0 Å². The average molecular weight is 1250 g/mol. The second kappa shape index (κ2) is 25.4. The van der Waals surface area contributed by atoms with Crippen molar-refractivity contribution in [2.24, 2.45) is 45.3 Å². The van der Waals surface area contributed by atoms with Crippen LogP contribution in [-0.4, -0.2) is 260 Å². The summed E-state index contributed by atoms with van der Waals surface area (Å²) in [6.07, 6.45) is -30.8. The fraction of sp³-hybridized carbons (Fsp3) is 0.917. The highest BCUT2D eigenvalue weighted by atomic mass is 16.8. The zero-order valence-corrected chi connectivity index (χ0v) is 51.2. The van der Waals surface area contributed by atoms with Crippen LogP contribution in [0.15, 0.2) is 11.6 Å². The molecule has 31 atom stereocenters. The lowest BCUT2D eigenvalue weighted by atomic mass is 9.41. The number of aliphatic hydroxyl groups is 11. The highest BCUT2D eigenvalue weighted by Gasteiger charge is 2.80. The van der Waals surface area contributed by atoms with Crippen LogP contribution in [0.1, 0.15) is 114 Å². The molecule has 9 fully saturated rings. The largest absolute Gasteiger partial charge is 0.462 e. The Bertz CT molecular complexity index is 2480. The molecule has 0 aromatic rings. The van der Waals surface area contributed by atoms with E-state index in [1.807, 2.05) is 20.8 Å². The normalized spacial score (nSPS) is 51.4. The van der Waals surface area contributed by atoms with Gasteiger partial charge < -0.3 is 118 Å². The van der Waals surface area contributed by atoms with E-state index in [2.05, 4.69) is 33.8 Å². The van der Waals surface area contributed by atoms with Crippen molar-refractivity contribution in [3.8, 4) is 0 Å². The van der Waals surface area contributed by atoms with Crippen molar-refractivity contribution in [2.75, 3.05) is 33.5 Å². The van der Waals surface area contributed by atoms with Gasteiger partial charge >= 0.3 is 11.9 Å². The average Bonchev–Trinajstić information content (AvgIpc) is 1.55. The highest BCUT2D eigenvalue weighted by Crippen LogP contribution is 2.77. The number of carbonyl (C=O) groups excluding carboxylic acids is 3. The maximum atomic E-state index is 14.7. The van der Waals surface area contributed by atoms with Crippen LogP contribution in [0.2, 0.25) is 0 Å². The minimum Gasteiger partial charge on any atom is -0.462 e. The predicted octanol–water partition coefficient (Wildman–Crippen LogP) is -1.48. The summed E-state index contributed by atoms with van der Waals surface area (Å²) in [6, 6.07) is 0. The molecule has 3 saturated carbocycles. The van der Waals surface area contributed by atoms with Gasteiger partial charge in [0.25, 0.3) is 0 Å². The van der Waals surface area contributed by atoms with Crippen molar-refractivity contribution in [3.63, 3.8) is 0 Å². The molecular formula is C60H94O27. The lowest BCUT2D eigenvalue weighted by Gasteiger charge is -2.63. The summed E-state index contributed by atoms with van der Waals surface area (Å²) in [4.78, 5) is 41.1. The summed E-state index contributed by atoms with van der Waals surface area (Å²) in [6.45, 7) is 15.1. The number of cyclic esters (lactones) is 1. The molecular weight excluding hydrogens is 1150 g/mol. The summed E-state index contributed by atoms with van der Waals surface area (Å²) < 4.78 is 78.8. The third-order valence-corrected chi connectivity index (χ3v) is 21.6. The first-order valence-corrected chi connectivity index (χ1v) is 30.9. The molecule has 10 rings (SSSR count). The summed E-state index contributed by atoms with van der Waals surface area (Å²) in [5.41, 5.74) is -2.81. The molecule has 0 aromatic heterocycles. The Morgan fingerprint density at radius 2 is 1.26 bits per heavy atom. The lowest BCUT2D eigenvalue weighted by Crippen LogP contribution is -2.67. The molecule has 0 aromatic carbocycles. The number of allylic oxidation sites excluding steroid dienone is 2. The molecule has 6 heterocycles. The molecule has 0 bridgehead atoms. The lowest BCUT2D eigenvalue weighted by molar-refractivity contribution is -0.399. The molecule has 4 aliphatic carbocycles. The minimum atomic E-state index is -1.90. The van der Waals surface area contributed by atoms with E-state index >= 15 is 0 Å². The predicted molar refractivity (Wildman–Crippen MR) is 292 cm³/mol. The molecule has 6 saturated heterocycles. The minimum absolute atomic E-state index is 0.00252. The topological polar surface area (TPSA) is 394 Å². The number of carbonyl (C=O) groups is 3. The number of hydrogen-bond acceptors (Lipinski definition) is 27. The van der Waals surface area contributed by atoms with Crippen LogP contribution in [0.3, 0.4) is 0 Å². The van der Waals surface area contributed by atoms with Gasteiger partial charge in [-0.25, -0.2) is 0 Å². The number of aliphatic hydroxyl groups excluding tert-OH is 11. The molecule has 10 aliphatic rings. The number of methoxy groups -OCH3 is 1. The van der Waals surface area contributed by atoms with Gasteiger partial charge in [0.2, 0.25) is 0 Å². The molecule has 0 unspecified atom stereocenters. The molecule has 27 heteroatoms. The smallest absolute Gasteiger partial charge is 0.314 e. The molecule has 0 amide bonds. The molecule has 11 N–H and O–H groups in total. The maximum Gasteiger partial charge on any atom is 0.314 e. The van der Waals surface area contributed by atoms with Crippen molar-refractivity contribution in [3.05, 3.63) is 11.6 Å². The Labute approximate surface area is 505 Å². The van der Waals surface area contributed by atoms with Gasteiger partial charge in [0.15, 0.2) is 31.5 Å². The van der Waals surface area contributed by atoms with Gasteiger partial charge in [-0.2, -0.15) is 0 Å². The van der Waals surface area contributed by atoms with Gasteiger partial charge in [0, 0.05) is 32.3 Å². The summed E-state index contributed by atoms with van der Waals surface area (Å²) >= 11 is 0. The number of Topliss-reactive ketones (excluding diaryl/α,β-unsaturated/α-hetero) is 1. The van der Waals surface area contributed by atoms with E-state index < -0.39 is 201 Å². The van der Waals surface area contributed by atoms with E-state index in [0.717, 1.165) is 5.57 Å². The van der Waals surface area contributed by atoms with Gasteiger partial charge in [-0.1, -0.05) is 53.2 Å². The van der Waals surface area contributed by atoms with Crippen molar-refractivity contribution in [1.29, 1.82) is 0 Å². The van der Waals surface area contributed by atoms with Crippen LogP contribution in [0.4, 0.5) is 0 Å². The fourth-order valence-corrected chi connectivity index (χ4v) is 17.4. The Balaban J connectivity index is 0.877. The first kappa shape index (κ1) is 67.4. The van der Waals surface area contributed by atoms with E-state index in [4.69, 9.17) is 61.6 Å². The second-order valence-corrected chi connectivity index (χ2v) is 28.0. The Morgan fingerprint density at radius 1 is 0.667 bits per heavy atom.